The van der Waals surface area contributed by atoms with E-state index in [4.69, 9.17) is 14.2 Å². The molecule has 0 radical (unpaired) electrons. The van der Waals surface area contributed by atoms with E-state index in [0.717, 1.165) is 0 Å². The summed E-state index contributed by atoms with van der Waals surface area (Å²) >= 11 is 0. The van der Waals surface area contributed by atoms with Gasteiger partial charge in [0.15, 0.2) is 0 Å². The van der Waals surface area contributed by atoms with Crippen LogP contribution < -0.4 is 14.8 Å². The van der Waals surface area contributed by atoms with Gasteiger partial charge in [-0.2, -0.15) is 0 Å². The first-order valence-electron chi connectivity index (χ1n) is 10.5. The third-order valence-corrected chi connectivity index (χ3v) is 5.02. The normalized spacial score (nSPS) is 11.5. The number of nitrogens with one attached hydrogen (secondary N) is 1. The summed E-state index contributed by atoms with van der Waals surface area (Å²) in [5, 5.41) is 13.9. The topological polar surface area (TPSA) is 117 Å². The Morgan fingerprint density at radius 2 is 1.74 bits per heavy atom. The molecule has 3 aromatic rings. The number of hydrogen-bond donors (Lipinski definition) is 1. The standard InChI is InChI=1S/C26H24N2O7/c1-17-9-13-21(22(15-17)28(31)32)27-26(30)25(19-7-5-4-6-8-19)35-24(29)14-11-18-10-12-20(33-2)16-23(18)34-3/h4-16,25H,1-3H3,(H,27,30)/b14-11+. The number of ether oxygens (including phenoxy) is 3. The molecule has 0 bridgehead atoms. The first-order chi connectivity index (χ1) is 16.8. The first-order valence-corrected chi connectivity index (χ1v) is 10.5. The average Bonchev–Trinajstić information content (AvgIpc) is 2.87. The van der Waals surface area contributed by atoms with Crippen molar-refractivity contribution >= 4 is 29.3 Å². The molecular formula is C26H24N2O7. The molecule has 1 atom stereocenters. The summed E-state index contributed by atoms with van der Waals surface area (Å²) in [6.07, 6.45) is 1.32. The summed E-state index contributed by atoms with van der Waals surface area (Å²) in [7, 11) is 3.02. The molecule has 0 aromatic heterocycles. The lowest BCUT2D eigenvalue weighted by Crippen LogP contribution is -2.25. The third kappa shape index (κ3) is 6.44. The van der Waals surface area contributed by atoms with Gasteiger partial charge in [0.25, 0.3) is 11.6 Å². The highest BCUT2D eigenvalue weighted by molar-refractivity contribution is 5.99. The van der Waals surface area contributed by atoms with E-state index >= 15 is 0 Å². The largest absolute Gasteiger partial charge is 0.497 e. The molecule has 1 amide bonds. The molecule has 0 aliphatic heterocycles. The Labute approximate surface area is 202 Å². The Balaban J connectivity index is 1.84. The van der Waals surface area contributed by atoms with Crippen LogP contribution in [0.5, 0.6) is 11.5 Å². The SMILES string of the molecule is COc1ccc(/C=C/C(=O)OC(C(=O)Nc2ccc(C)cc2[N+](=O)[O-])c2ccccc2)c(OC)c1. The number of aryl methyl sites for hydroxylation is 1. The number of methoxy groups -OCH3 is 2. The fourth-order valence-electron chi connectivity index (χ4n) is 3.27. The zero-order chi connectivity index (χ0) is 25.4. The number of nitrogens with zero attached hydrogens (tertiary/aromatic N) is 1. The fraction of sp³-hybridized carbons (Fsp3) is 0.154. The van der Waals surface area contributed by atoms with Crippen molar-refractivity contribution in [1.29, 1.82) is 0 Å². The van der Waals surface area contributed by atoms with Crippen LogP contribution in [0, 0.1) is 17.0 Å². The van der Waals surface area contributed by atoms with Crippen molar-refractivity contribution in [2.45, 2.75) is 13.0 Å². The van der Waals surface area contributed by atoms with Crippen LogP contribution in [0.25, 0.3) is 6.08 Å². The summed E-state index contributed by atoms with van der Waals surface area (Å²) < 4.78 is 15.9. The lowest BCUT2D eigenvalue weighted by atomic mass is 10.1. The van der Waals surface area contributed by atoms with Crippen LogP contribution in [-0.2, 0) is 14.3 Å². The van der Waals surface area contributed by atoms with Gasteiger partial charge in [0, 0.05) is 29.3 Å². The van der Waals surface area contributed by atoms with Gasteiger partial charge >= 0.3 is 5.97 Å². The van der Waals surface area contributed by atoms with Crippen molar-refractivity contribution < 1.29 is 28.7 Å². The Bertz CT molecular complexity index is 1260. The van der Waals surface area contributed by atoms with Gasteiger partial charge in [0.05, 0.1) is 19.1 Å². The van der Waals surface area contributed by atoms with Gasteiger partial charge in [0.2, 0.25) is 6.10 Å². The summed E-state index contributed by atoms with van der Waals surface area (Å²) in [6, 6.07) is 17.9. The lowest BCUT2D eigenvalue weighted by Gasteiger charge is -2.17. The molecule has 0 saturated heterocycles. The highest BCUT2D eigenvalue weighted by atomic mass is 16.6. The molecule has 0 aliphatic carbocycles. The van der Waals surface area contributed by atoms with Crippen LogP contribution in [-0.4, -0.2) is 31.0 Å². The second-order valence-electron chi connectivity index (χ2n) is 7.44. The summed E-state index contributed by atoms with van der Waals surface area (Å²) in [5.74, 6) is -0.442. The molecule has 9 heteroatoms. The van der Waals surface area contributed by atoms with Crippen LogP contribution >= 0.6 is 0 Å². The minimum atomic E-state index is -1.34. The maximum atomic E-state index is 13.1. The average molecular weight is 476 g/mol. The minimum Gasteiger partial charge on any atom is -0.497 e. The smallest absolute Gasteiger partial charge is 0.331 e. The maximum absolute atomic E-state index is 13.1. The Hall–Kier alpha value is -4.66. The van der Waals surface area contributed by atoms with E-state index < -0.39 is 22.9 Å². The summed E-state index contributed by atoms with van der Waals surface area (Å²) in [5.41, 5.74) is 1.41. The maximum Gasteiger partial charge on any atom is 0.331 e. The highest BCUT2D eigenvalue weighted by Gasteiger charge is 2.26. The van der Waals surface area contributed by atoms with Gasteiger partial charge in [-0.15, -0.1) is 0 Å². The number of esters is 1. The van der Waals surface area contributed by atoms with Crippen molar-refractivity contribution in [3.05, 3.63) is 99.6 Å². The second-order valence-corrected chi connectivity index (χ2v) is 7.44. The lowest BCUT2D eigenvalue weighted by molar-refractivity contribution is -0.384. The Morgan fingerprint density at radius 3 is 2.40 bits per heavy atom. The Kier molecular flexibility index (Phi) is 8.18. The highest BCUT2D eigenvalue weighted by Crippen LogP contribution is 2.28. The van der Waals surface area contributed by atoms with E-state index in [9.17, 15) is 19.7 Å². The van der Waals surface area contributed by atoms with Gasteiger partial charge in [-0.25, -0.2) is 4.79 Å². The molecule has 1 N–H and O–H groups in total. The van der Waals surface area contributed by atoms with Gasteiger partial charge in [-0.05, 0) is 36.8 Å². The number of carbonyl (C=O) groups is 2. The number of nitro groups is 1. The first kappa shape index (κ1) is 25.0. The summed E-state index contributed by atoms with van der Waals surface area (Å²) in [4.78, 5) is 36.6. The molecule has 3 rings (SSSR count). The number of rotatable bonds is 9. The Morgan fingerprint density at radius 1 is 1.00 bits per heavy atom. The van der Waals surface area contributed by atoms with Crippen molar-refractivity contribution in [2.24, 2.45) is 0 Å². The van der Waals surface area contributed by atoms with Gasteiger partial charge in [0.1, 0.15) is 17.2 Å². The van der Waals surface area contributed by atoms with Crippen molar-refractivity contribution in [3.63, 3.8) is 0 Å². The molecule has 1 unspecified atom stereocenters. The zero-order valence-corrected chi connectivity index (χ0v) is 19.4. The predicted octanol–water partition coefficient (Wildman–Crippen LogP) is 4.86. The van der Waals surface area contributed by atoms with E-state index in [1.807, 2.05) is 0 Å². The minimum absolute atomic E-state index is 0.00101. The van der Waals surface area contributed by atoms with Gasteiger partial charge in [-0.3, -0.25) is 14.9 Å². The summed E-state index contributed by atoms with van der Waals surface area (Å²) in [6.45, 7) is 1.71. The fourth-order valence-corrected chi connectivity index (χ4v) is 3.27. The van der Waals surface area contributed by atoms with E-state index in [1.165, 1.54) is 38.5 Å². The number of hydrogen-bond acceptors (Lipinski definition) is 7. The molecule has 3 aromatic carbocycles. The quantitative estimate of drug-likeness (QED) is 0.203. The number of amides is 1. The number of benzene rings is 3. The van der Waals surface area contributed by atoms with Crippen LogP contribution in [0.1, 0.15) is 22.8 Å². The van der Waals surface area contributed by atoms with Crippen LogP contribution in [0.15, 0.2) is 72.8 Å². The molecule has 9 nitrogen and oxygen atoms in total. The monoisotopic (exact) mass is 476 g/mol. The second kappa shape index (κ2) is 11.5. The number of nitro benzene ring substituents is 1. The third-order valence-electron chi connectivity index (χ3n) is 5.02. The van der Waals surface area contributed by atoms with Gasteiger partial charge < -0.3 is 19.5 Å². The van der Waals surface area contributed by atoms with Crippen LogP contribution in [0.3, 0.4) is 0 Å². The van der Waals surface area contributed by atoms with E-state index in [0.29, 0.717) is 28.2 Å². The number of carbonyl (C=O) groups excluding carboxylic acids is 2. The molecule has 0 spiro atoms. The van der Waals surface area contributed by atoms with E-state index in [-0.39, 0.29) is 11.4 Å². The van der Waals surface area contributed by atoms with Crippen molar-refractivity contribution in [2.75, 3.05) is 19.5 Å². The molecule has 0 heterocycles. The van der Waals surface area contributed by atoms with Crippen LogP contribution in [0.4, 0.5) is 11.4 Å². The molecule has 0 fully saturated rings. The molecule has 180 valence electrons. The van der Waals surface area contributed by atoms with E-state index in [1.54, 1.807) is 61.5 Å². The van der Waals surface area contributed by atoms with Crippen LogP contribution in [0.2, 0.25) is 0 Å². The van der Waals surface area contributed by atoms with Gasteiger partial charge in [-0.1, -0.05) is 36.4 Å². The van der Waals surface area contributed by atoms with Crippen molar-refractivity contribution in [3.8, 4) is 11.5 Å². The molecule has 35 heavy (non-hydrogen) atoms. The molecule has 0 aliphatic rings. The van der Waals surface area contributed by atoms with E-state index in [2.05, 4.69) is 5.32 Å². The number of anilines is 1. The predicted molar refractivity (Wildman–Crippen MR) is 130 cm³/mol. The zero-order valence-electron chi connectivity index (χ0n) is 19.4. The van der Waals surface area contributed by atoms with Crippen molar-refractivity contribution in [1.82, 2.24) is 0 Å². The molecular weight excluding hydrogens is 452 g/mol. The molecule has 0 saturated carbocycles.